The quantitative estimate of drug-likeness (QED) is 0.358. The summed E-state index contributed by atoms with van der Waals surface area (Å²) in [4.78, 5) is 14.7. The Morgan fingerprint density at radius 1 is 1.31 bits per heavy atom. The second kappa shape index (κ2) is 7.53. The van der Waals surface area contributed by atoms with Crippen molar-refractivity contribution in [2.45, 2.75) is 26.3 Å². The Kier molecular flexibility index (Phi) is 5.18. The van der Waals surface area contributed by atoms with Crippen LogP contribution in [0.2, 0.25) is 0 Å². The van der Waals surface area contributed by atoms with Crippen LogP contribution in [0.4, 0.5) is 5.69 Å². The van der Waals surface area contributed by atoms with E-state index < -0.39 is 5.56 Å². The van der Waals surface area contributed by atoms with Crippen molar-refractivity contribution in [1.82, 2.24) is 9.55 Å². The molecule has 1 heterocycles. The third-order valence-corrected chi connectivity index (χ3v) is 4.65. The van der Waals surface area contributed by atoms with Gasteiger partial charge in [-0.15, -0.1) is 0 Å². The summed E-state index contributed by atoms with van der Waals surface area (Å²) in [6.45, 7) is 3.90. The number of benzene rings is 2. The molecule has 3 N–H and O–H groups in total. The number of anilines is 1. The van der Waals surface area contributed by atoms with E-state index in [1.54, 1.807) is 0 Å². The van der Waals surface area contributed by atoms with E-state index in [2.05, 4.69) is 15.5 Å². The number of aromatic hydroxyl groups is 1. The van der Waals surface area contributed by atoms with Crippen LogP contribution < -0.4 is 11.0 Å². The van der Waals surface area contributed by atoms with Gasteiger partial charge in [0, 0.05) is 11.4 Å². The van der Waals surface area contributed by atoms with Gasteiger partial charge >= 0.3 is 0 Å². The summed E-state index contributed by atoms with van der Waals surface area (Å²) < 4.78 is 1.72. The molecule has 134 valence electrons. The highest BCUT2D eigenvalue weighted by molar-refractivity contribution is 7.71. The molecule has 0 aliphatic heterocycles. The molecule has 0 saturated carbocycles. The molecule has 0 radical (unpaired) electrons. The number of rotatable bonds is 5. The predicted molar refractivity (Wildman–Crippen MR) is 108 cm³/mol. The summed E-state index contributed by atoms with van der Waals surface area (Å²) >= 11 is 5.16. The van der Waals surface area contributed by atoms with Gasteiger partial charge < -0.3 is 5.11 Å². The van der Waals surface area contributed by atoms with Crippen molar-refractivity contribution in [2.75, 3.05) is 5.43 Å². The van der Waals surface area contributed by atoms with Gasteiger partial charge in [0.05, 0.1) is 11.9 Å². The largest absolute Gasteiger partial charge is 0.494 e. The molecule has 1 atom stereocenters. The number of aromatic nitrogens is 2. The Morgan fingerprint density at radius 3 is 2.81 bits per heavy atom. The molecule has 3 rings (SSSR count). The minimum atomic E-state index is -0.476. The van der Waals surface area contributed by atoms with Crippen LogP contribution in [0.5, 0.6) is 5.88 Å². The molecule has 26 heavy (non-hydrogen) atoms. The van der Waals surface area contributed by atoms with Gasteiger partial charge in [0.15, 0.2) is 4.77 Å². The summed E-state index contributed by atoms with van der Waals surface area (Å²) in [6, 6.07) is 13.7. The van der Waals surface area contributed by atoms with Crippen molar-refractivity contribution in [3.05, 3.63) is 63.2 Å². The van der Waals surface area contributed by atoms with Crippen LogP contribution in [0.3, 0.4) is 0 Å². The maximum absolute atomic E-state index is 12.2. The Bertz CT molecular complexity index is 1080. The van der Waals surface area contributed by atoms with Gasteiger partial charge in [-0.3, -0.25) is 19.8 Å². The Labute approximate surface area is 155 Å². The maximum Gasteiger partial charge on any atom is 0.264 e. The Balaban J connectivity index is 1.96. The van der Waals surface area contributed by atoms with E-state index >= 15 is 0 Å². The van der Waals surface area contributed by atoms with Gasteiger partial charge in [0.2, 0.25) is 5.88 Å². The van der Waals surface area contributed by atoms with Gasteiger partial charge in [0.25, 0.3) is 5.56 Å². The molecule has 3 aromatic rings. The number of hydrogen-bond donors (Lipinski definition) is 3. The molecule has 0 bridgehead atoms. The zero-order valence-electron chi connectivity index (χ0n) is 14.6. The molecule has 0 fully saturated rings. The molecule has 1 aromatic heterocycles. The smallest absolute Gasteiger partial charge is 0.264 e. The van der Waals surface area contributed by atoms with Crippen LogP contribution in [0, 0.1) is 4.77 Å². The fourth-order valence-corrected chi connectivity index (χ4v) is 3.11. The molecule has 0 saturated heterocycles. The highest BCUT2D eigenvalue weighted by Crippen LogP contribution is 2.23. The highest BCUT2D eigenvalue weighted by Gasteiger charge is 2.14. The lowest BCUT2D eigenvalue weighted by Crippen LogP contribution is -2.20. The third kappa shape index (κ3) is 3.39. The molecular formula is C19H20N4O2S. The van der Waals surface area contributed by atoms with Crippen molar-refractivity contribution in [3.63, 3.8) is 0 Å². The van der Waals surface area contributed by atoms with Crippen LogP contribution in [0.25, 0.3) is 10.8 Å². The van der Waals surface area contributed by atoms with Crippen LogP contribution >= 0.6 is 12.2 Å². The zero-order chi connectivity index (χ0) is 18.7. The first-order valence-corrected chi connectivity index (χ1v) is 8.78. The molecule has 6 nitrogen and oxygen atoms in total. The summed E-state index contributed by atoms with van der Waals surface area (Å²) in [5.74, 6) is -0.184. The monoisotopic (exact) mass is 368 g/mol. The number of fused-ring (bicyclic) bond motifs is 1. The third-order valence-electron chi connectivity index (χ3n) is 4.35. The molecule has 0 aliphatic rings. The fourth-order valence-electron chi connectivity index (χ4n) is 2.75. The van der Waals surface area contributed by atoms with Gasteiger partial charge in [0.1, 0.15) is 5.56 Å². The first-order valence-electron chi connectivity index (χ1n) is 8.37. The van der Waals surface area contributed by atoms with Crippen molar-refractivity contribution in [3.8, 4) is 5.88 Å². The van der Waals surface area contributed by atoms with Gasteiger partial charge in [-0.1, -0.05) is 43.3 Å². The number of H-pyrrole nitrogens is 1. The molecule has 7 heteroatoms. The number of aromatic amines is 1. The van der Waals surface area contributed by atoms with Crippen LogP contribution in [-0.2, 0) is 0 Å². The van der Waals surface area contributed by atoms with E-state index in [4.69, 9.17) is 12.2 Å². The van der Waals surface area contributed by atoms with E-state index in [0.29, 0.717) is 0 Å². The number of hydrogen-bond acceptors (Lipinski definition) is 5. The van der Waals surface area contributed by atoms with Crippen LogP contribution in [-0.4, -0.2) is 20.9 Å². The summed E-state index contributed by atoms with van der Waals surface area (Å²) in [7, 11) is 0. The molecular weight excluding hydrogens is 348 g/mol. The topological polar surface area (TPSA) is 82.4 Å². The van der Waals surface area contributed by atoms with Crippen molar-refractivity contribution >= 4 is 34.9 Å². The van der Waals surface area contributed by atoms with Gasteiger partial charge in [-0.05, 0) is 37.0 Å². The SMILES string of the molecule is CC[C@H](C)n1c(O)c(/C=N/Nc2cccc3ccccc23)c(=O)[nH]c1=S. The average molecular weight is 368 g/mol. The van der Waals surface area contributed by atoms with Crippen molar-refractivity contribution in [1.29, 1.82) is 0 Å². The summed E-state index contributed by atoms with van der Waals surface area (Å²) in [5.41, 5.74) is 3.33. The second-order valence-corrected chi connectivity index (χ2v) is 6.41. The minimum Gasteiger partial charge on any atom is -0.494 e. The van der Waals surface area contributed by atoms with E-state index in [0.717, 1.165) is 22.9 Å². The normalized spacial score (nSPS) is 12.5. The van der Waals surface area contributed by atoms with Crippen LogP contribution in [0.15, 0.2) is 52.4 Å². The number of hydrazone groups is 1. The Morgan fingerprint density at radius 2 is 2.04 bits per heavy atom. The number of nitrogens with one attached hydrogen (secondary N) is 2. The van der Waals surface area contributed by atoms with E-state index in [9.17, 15) is 9.90 Å². The van der Waals surface area contributed by atoms with Crippen LogP contribution in [0.1, 0.15) is 31.9 Å². The van der Waals surface area contributed by atoms with Gasteiger partial charge in [-0.2, -0.15) is 5.10 Å². The molecule has 0 spiro atoms. The van der Waals surface area contributed by atoms with Crippen molar-refractivity contribution < 1.29 is 5.11 Å². The maximum atomic E-state index is 12.2. The molecule has 0 amide bonds. The fraction of sp³-hybridized carbons (Fsp3) is 0.211. The summed E-state index contributed by atoms with van der Waals surface area (Å²) in [5, 5.41) is 16.7. The predicted octanol–water partition coefficient (Wildman–Crippen LogP) is 4.18. The lowest BCUT2D eigenvalue weighted by Gasteiger charge is -2.16. The standard InChI is InChI=1S/C19H20N4O2S/c1-3-12(2)23-18(25)15(17(24)21-19(23)26)11-20-22-16-10-6-8-13-7-4-5-9-14(13)16/h4-12,22,25H,3H2,1-2H3,(H,21,24,26)/b20-11+/t12-/m0/s1. The molecule has 0 unspecified atom stereocenters. The summed E-state index contributed by atoms with van der Waals surface area (Å²) in [6.07, 6.45) is 2.07. The van der Waals surface area contributed by atoms with Gasteiger partial charge in [-0.25, -0.2) is 0 Å². The van der Waals surface area contributed by atoms with Crippen molar-refractivity contribution in [2.24, 2.45) is 5.10 Å². The number of nitrogens with zero attached hydrogens (tertiary/aromatic N) is 2. The average Bonchev–Trinajstić information content (AvgIpc) is 2.64. The van der Waals surface area contributed by atoms with E-state index in [1.807, 2.05) is 56.3 Å². The highest BCUT2D eigenvalue weighted by atomic mass is 32.1. The van der Waals surface area contributed by atoms with E-state index in [1.165, 1.54) is 10.8 Å². The second-order valence-electron chi connectivity index (χ2n) is 6.02. The first kappa shape index (κ1) is 17.9. The molecule has 0 aliphatic carbocycles. The Hall–Kier alpha value is -2.93. The first-order chi connectivity index (χ1) is 12.5. The minimum absolute atomic E-state index is 0.0440. The molecule has 2 aromatic carbocycles. The zero-order valence-corrected chi connectivity index (χ0v) is 15.4. The lowest BCUT2D eigenvalue weighted by atomic mass is 10.1. The lowest BCUT2D eigenvalue weighted by molar-refractivity contribution is 0.371. The van der Waals surface area contributed by atoms with E-state index in [-0.39, 0.29) is 22.3 Å².